The molecule has 0 bridgehead atoms. The molecule has 6 heteroatoms. The third-order valence-electron chi connectivity index (χ3n) is 2.48. The van der Waals surface area contributed by atoms with Crippen molar-refractivity contribution in [3.63, 3.8) is 0 Å². The highest BCUT2D eigenvalue weighted by atomic mass is 32.1. The second kappa shape index (κ2) is 5.62. The van der Waals surface area contributed by atoms with Crippen LogP contribution >= 0.6 is 11.3 Å². The number of thiophene rings is 1. The Morgan fingerprint density at radius 1 is 1.47 bits per heavy atom. The lowest BCUT2D eigenvalue weighted by molar-refractivity contribution is -0.131. The monoisotopic (exact) mass is 276 g/mol. The van der Waals surface area contributed by atoms with Crippen LogP contribution in [0.5, 0.6) is 0 Å². The van der Waals surface area contributed by atoms with Crippen LogP contribution in [0.1, 0.15) is 16.1 Å². The van der Waals surface area contributed by atoms with E-state index in [2.05, 4.69) is 5.10 Å². The summed E-state index contributed by atoms with van der Waals surface area (Å²) in [6.07, 6.45) is 2.60. The molecule has 2 rings (SSSR count). The van der Waals surface area contributed by atoms with Crippen molar-refractivity contribution in [2.45, 2.75) is 13.5 Å². The first-order chi connectivity index (χ1) is 9.06. The highest BCUT2D eigenvalue weighted by molar-refractivity contribution is 7.10. The summed E-state index contributed by atoms with van der Waals surface area (Å²) in [7, 11) is 0. The molecule has 0 saturated heterocycles. The van der Waals surface area contributed by atoms with Crippen molar-refractivity contribution in [1.29, 1.82) is 0 Å². The Hall–Kier alpha value is -2.21. The molecule has 2 aromatic heterocycles. The zero-order valence-corrected chi connectivity index (χ0v) is 11.1. The van der Waals surface area contributed by atoms with Gasteiger partial charge in [-0.3, -0.25) is 4.79 Å². The van der Waals surface area contributed by atoms with E-state index in [0.717, 1.165) is 22.2 Å². The van der Waals surface area contributed by atoms with Gasteiger partial charge < -0.3 is 5.11 Å². The zero-order valence-electron chi connectivity index (χ0n) is 10.2. The van der Waals surface area contributed by atoms with Crippen molar-refractivity contribution in [3.05, 3.63) is 56.1 Å². The SMILES string of the molecule is Cc1ccc(=O)n(Cc2sccc2C=CC(=O)O)n1. The Kier molecular flexibility index (Phi) is 3.91. The third-order valence-corrected chi connectivity index (χ3v) is 3.40. The van der Waals surface area contributed by atoms with Crippen molar-refractivity contribution < 1.29 is 9.90 Å². The number of hydrogen-bond donors (Lipinski definition) is 1. The van der Waals surface area contributed by atoms with Gasteiger partial charge in [-0.05, 0) is 36.1 Å². The second-order valence-electron chi connectivity index (χ2n) is 3.94. The maximum Gasteiger partial charge on any atom is 0.328 e. The van der Waals surface area contributed by atoms with Gasteiger partial charge in [0, 0.05) is 17.0 Å². The van der Waals surface area contributed by atoms with Crippen LogP contribution in [0.4, 0.5) is 0 Å². The van der Waals surface area contributed by atoms with Crippen LogP contribution in [0.25, 0.3) is 6.08 Å². The third kappa shape index (κ3) is 3.38. The number of carboxylic acids is 1. The molecule has 2 heterocycles. The molecule has 19 heavy (non-hydrogen) atoms. The number of carbonyl (C=O) groups is 1. The molecule has 0 aliphatic heterocycles. The molecule has 1 N–H and O–H groups in total. The van der Waals surface area contributed by atoms with Crippen LogP contribution < -0.4 is 5.56 Å². The first-order valence-electron chi connectivity index (χ1n) is 5.58. The zero-order chi connectivity index (χ0) is 13.8. The molecular formula is C13H12N2O3S. The number of aliphatic carboxylic acids is 1. The molecule has 0 aliphatic carbocycles. The summed E-state index contributed by atoms with van der Waals surface area (Å²) >= 11 is 1.47. The summed E-state index contributed by atoms with van der Waals surface area (Å²) in [5.41, 5.74) is 1.38. The van der Waals surface area contributed by atoms with Crippen LogP contribution in [0, 0.1) is 6.92 Å². The number of nitrogens with zero attached hydrogens (tertiary/aromatic N) is 2. The first-order valence-corrected chi connectivity index (χ1v) is 6.46. The van der Waals surface area contributed by atoms with Crippen LogP contribution in [0.15, 0.2) is 34.4 Å². The number of carboxylic acid groups (broad SMARTS) is 1. The number of aromatic nitrogens is 2. The van der Waals surface area contributed by atoms with Gasteiger partial charge in [-0.25, -0.2) is 9.48 Å². The first kappa shape index (κ1) is 13.2. The van der Waals surface area contributed by atoms with E-state index in [9.17, 15) is 9.59 Å². The molecule has 98 valence electrons. The normalized spacial score (nSPS) is 11.0. The van der Waals surface area contributed by atoms with Gasteiger partial charge in [-0.1, -0.05) is 0 Å². The molecular weight excluding hydrogens is 264 g/mol. The van der Waals surface area contributed by atoms with Crippen molar-refractivity contribution in [1.82, 2.24) is 9.78 Å². The topological polar surface area (TPSA) is 72.2 Å². The molecule has 0 spiro atoms. The van der Waals surface area contributed by atoms with Crippen LogP contribution in [-0.4, -0.2) is 20.9 Å². The van der Waals surface area contributed by atoms with Gasteiger partial charge in [0.1, 0.15) is 0 Å². The van der Waals surface area contributed by atoms with E-state index in [1.165, 1.54) is 28.2 Å². The molecule has 0 atom stereocenters. The second-order valence-corrected chi connectivity index (χ2v) is 4.94. The van der Waals surface area contributed by atoms with E-state index in [4.69, 9.17) is 5.11 Å². The van der Waals surface area contributed by atoms with E-state index in [-0.39, 0.29) is 5.56 Å². The molecule has 0 fully saturated rings. The fourth-order valence-corrected chi connectivity index (χ4v) is 2.44. The summed E-state index contributed by atoms with van der Waals surface area (Å²) < 4.78 is 1.37. The molecule has 0 radical (unpaired) electrons. The van der Waals surface area contributed by atoms with Crippen LogP contribution in [-0.2, 0) is 11.3 Å². The Balaban J connectivity index is 2.29. The van der Waals surface area contributed by atoms with Gasteiger partial charge in [-0.15, -0.1) is 11.3 Å². The standard InChI is InChI=1S/C13H12N2O3S/c1-9-2-4-12(16)15(14-9)8-11-10(6-7-19-11)3-5-13(17)18/h2-7H,8H2,1H3,(H,17,18). The Morgan fingerprint density at radius 3 is 3.00 bits per heavy atom. The van der Waals surface area contributed by atoms with Gasteiger partial charge >= 0.3 is 5.97 Å². The smallest absolute Gasteiger partial charge is 0.328 e. The molecule has 2 aromatic rings. The minimum Gasteiger partial charge on any atom is -0.478 e. The number of rotatable bonds is 4. The largest absolute Gasteiger partial charge is 0.478 e. The van der Waals surface area contributed by atoms with E-state index >= 15 is 0 Å². The van der Waals surface area contributed by atoms with E-state index < -0.39 is 5.97 Å². The van der Waals surface area contributed by atoms with Crippen LogP contribution in [0.3, 0.4) is 0 Å². The summed E-state index contributed by atoms with van der Waals surface area (Å²) in [5, 5.41) is 14.6. The maximum atomic E-state index is 11.7. The molecule has 0 saturated carbocycles. The molecule has 0 unspecified atom stereocenters. The Labute approximate surface area is 113 Å². The van der Waals surface area contributed by atoms with Crippen molar-refractivity contribution >= 4 is 23.4 Å². The van der Waals surface area contributed by atoms with Gasteiger partial charge in [0.05, 0.1) is 12.2 Å². The average Bonchev–Trinajstić information content (AvgIpc) is 2.79. The van der Waals surface area contributed by atoms with Gasteiger partial charge in [0.15, 0.2) is 0 Å². The number of hydrogen-bond acceptors (Lipinski definition) is 4. The molecule has 0 aliphatic rings. The fraction of sp³-hybridized carbons (Fsp3) is 0.154. The summed E-state index contributed by atoms with van der Waals surface area (Å²) in [6, 6.07) is 4.96. The lowest BCUT2D eigenvalue weighted by atomic mass is 10.2. The van der Waals surface area contributed by atoms with E-state index in [0.29, 0.717) is 6.54 Å². The van der Waals surface area contributed by atoms with Crippen molar-refractivity contribution in [2.24, 2.45) is 0 Å². The predicted molar refractivity (Wildman–Crippen MR) is 73.3 cm³/mol. The highest BCUT2D eigenvalue weighted by Gasteiger charge is 2.05. The van der Waals surface area contributed by atoms with Crippen molar-refractivity contribution in [2.75, 3.05) is 0 Å². The summed E-state index contributed by atoms with van der Waals surface area (Å²) in [4.78, 5) is 23.1. The quantitative estimate of drug-likeness (QED) is 0.864. The minimum absolute atomic E-state index is 0.174. The van der Waals surface area contributed by atoms with E-state index in [1.54, 1.807) is 6.07 Å². The minimum atomic E-state index is -0.997. The lowest BCUT2D eigenvalue weighted by Gasteiger charge is -2.04. The van der Waals surface area contributed by atoms with E-state index in [1.807, 2.05) is 18.4 Å². The maximum absolute atomic E-state index is 11.7. The molecule has 5 nitrogen and oxygen atoms in total. The predicted octanol–water partition coefficient (Wildman–Crippen LogP) is 1.76. The van der Waals surface area contributed by atoms with Gasteiger partial charge in [0.25, 0.3) is 5.56 Å². The summed E-state index contributed by atoms with van der Waals surface area (Å²) in [5.74, 6) is -0.997. The molecule has 0 aromatic carbocycles. The van der Waals surface area contributed by atoms with Crippen molar-refractivity contribution in [3.8, 4) is 0 Å². The number of aryl methyl sites for hydroxylation is 1. The fourth-order valence-electron chi connectivity index (χ4n) is 1.59. The summed E-state index contributed by atoms with van der Waals surface area (Å²) in [6.45, 7) is 2.16. The average molecular weight is 276 g/mol. The Morgan fingerprint density at radius 2 is 2.26 bits per heavy atom. The van der Waals surface area contributed by atoms with Gasteiger partial charge in [-0.2, -0.15) is 5.10 Å². The van der Waals surface area contributed by atoms with Crippen LogP contribution in [0.2, 0.25) is 0 Å². The lowest BCUT2D eigenvalue weighted by Crippen LogP contribution is -2.22. The Bertz CT molecular complexity index is 685. The molecule has 0 amide bonds. The highest BCUT2D eigenvalue weighted by Crippen LogP contribution is 2.18. The van der Waals surface area contributed by atoms with Gasteiger partial charge in [0.2, 0.25) is 0 Å².